The Morgan fingerprint density at radius 1 is 1.08 bits per heavy atom. The molecule has 0 bridgehead atoms. The van der Waals surface area contributed by atoms with Gasteiger partial charge in [0, 0.05) is 32.2 Å². The van der Waals surface area contributed by atoms with Crippen LogP contribution in [-0.4, -0.2) is 78.1 Å². The van der Waals surface area contributed by atoms with Crippen LogP contribution in [0.2, 0.25) is 0 Å². The Morgan fingerprint density at radius 2 is 1.69 bits per heavy atom. The molecule has 0 aromatic heterocycles. The second kappa shape index (κ2) is 8.51. The third-order valence-corrected chi connectivity index (χ3v) is 6.02. The minimum atomic E-state index is -0.210. The molecule has 2 aliphatic rings. The first-order valence-electron chi connectivity index (χ1n) is 9.90. The third-order valence-electron chi connectivity index (χ3n) is 6.02. The molecule has 3 rings (SSSR count). The lowest BCUT2D eigenvalue weighted by Gasteiger charge is -2.42. The first-order valence-corrected chi connectivity index (χ1v) is 9.90. The van der Waals surface area contributed by atoms with E-state index < -0.39 is 0 Å². The van der Waals surface area contributed by atoms with E-state index in [9.17, 15) is 9.90 Å². The summed E-state index contributed by atoms with van der Waals surface area (Å²) >= 11 is 0. The van der Waals surface area contributed by atoms with Gasteiger partial charge in [-0.05, 0) is 57.8 Å². The molecular weight excluding hydrogens is 326 g/mol. The number of amides is 1. The molecule has 5 nitrogen and oxygen atoms in total. The average molecular weight is 360 g/mol. The molecular formula is C21H33N3O2. The smallest absolute Gasteiger partial charge is 0.244 e. The first kappa shape index (κ1) is 19.3. The molecule has 0 aliphatic carbocycles. The van der Waals surface area contributed by atoms with E-state index in [4.69, 9.17) is 0 Å². The van der Waals surface area contributed by atoms with Crippen LogP contribution in [0.5, 0.6) is 0 Å². The molecule has 2 aliphatic heterocycles. The number of benzene rings is 1. The van der Waals surface area contributed by atoms with Gasteiger partial charge in [0.25, 0.3) is 0 Å². The number of likely N-dealkylation sites (N-methyl/N-ethyl adjacent to an activating group) is 1. The summed E-state index contributed by atoms with van der Waals surface area (Å²) in [7, 11) is 3.97. The highest BCUT2D eigenvalue weighted by atomic mass is 16.3. The fourth-order valence-corrected chi connectivity index (χ4v) is 4.40. The second-order valence-corrected chi connectivity index (χ2v) is 8.05. The van der Waals surface area contributed by atoms with E-state index in [2.05, 4.69) is 24.0 Å². The molecule has 0 spiro atoms. The van der Waals surface area contributed by atoms with Crippen LogP contribution in [0.3, 0.4) is 0 Å². The summed E-state index contributed by atoms with van der Waals surface area (Å²) in [6, 6.07) is 8.54. The van der Waals surface area contributed by atoms with Crippen LogP contribution in [0.15, 0.2) is 24.3 Å². The Hall–Kier alpha value is -1.43. The van der Waals surface area contributed by atoms with Gasteiger partial charge >= 0.3 is 0 Å². The summed E-state index contributed by atoms with van der Waals surface area (Å²) in [5.74, 6) is 0.219. The molecule has 1 amide bonds. The molecule has 2 fully saturated rings. The summed E-state index contributed by atoms with van der Waals surface area (Å²) in [4.78, 5) is 19.8. The van der Waals surface area contributed by atoms with Gasteiger partial charge in [-0.2, -0.15) is 0 Å². The largest absolute Gasteiger partial charge is 0.393 e. The van der Waals surface area contributed by atoms with Crippen LogP contribution in [-0.2, 0) is 4.79 Å². The highest BCUT2D eigenvalue weighted by Gasteiger charge is 2.33. The second-order valence-electron chi connectivity index (χ2n) is 8.05. The quantitative estimate of drug-likeness (QED) is 0.894. The molecule has 1 aromatic carbocycles. The van der Waals surface area contributed by atoms with Gasteiger partial charge in [0.2, 0.25) is 5.91 Å². The van der Waals surface area contributed by atoms with Crippen LogP contribution < -0.4 is 0 Å². The van der Waals surface area contributed by atoms with Gasteiger partial charge in [0.15, 0.2) is 0 Å². The highest BCUT2D eigenvalue weighted by Crippen LogP contribution is 2.27. The number of carbonyl (C=O) groups excluding carboxylic acids is 1. The lowest BCUT2D eigenvalue weighted by Crippen LogP contribution is -2.51. The molecule has 2 saturated heterocycles. The van der Waals surface area contributed by atoms with Gasteiger partial charge in [0.1, 0.15) is 6.04 Å². The Balaban J connectivity index is 1.62. The number of aliphatic hydroxyl groups excluding tert-OH is 1. The predicted molar refractivity (Wildman–Crippen MR) is 104 cm³/mol. The van der Waals surface area contributed by atoms with Crippen molar-refractivity contribution in [3.8, 4) is 0 Å². The normalized spacial score (nSPS) is 22.0. The van der Waals surface area contributed by atoms with E-state index in [0.29, 0.717) is 6.04 Å². The fraction of sp³-hybridized carbons (Fsp3) is 0.667. The standard InChI is InChI=1S/C21H33N3O2/c1-16-6-4-5-7-19(16)20(22(2)3)21(26)24-12-8-17(9-13-24)23-14-10-18(25)11-15-23/h4-7,17-18,20,25H,8-15H2,1-3H3/t20-/m0/s1. The van der Waals surface area contributed by atoms with Crippen LogP contribution in [0.1, 0.15) is 42.9 Å². The zero-order valence-corrected chi connectivity index (χ0v) is 16.4. The van der Waals surface area contributed by atoms with Crippen molar-refractivity contribution in [1.82, 2.24) is 14.7 Å². The van der Waals surface area contributed by atoms with Gasteiger partial charge in [-0.15, -0.1) is 0 Å². The van der Waals surface area contributed by atoms with E-state index >= 15 is 0 Å². The molecule has 5 heteroatoms. The van der Waals surface area contributed by atoms with E-state index in [-0.39, 0.29) is 18.1 Å². The number of aryl methyl sites for hydroxylation is 1. The van der Waals surface area contributed by atoms with Gasteiger partial charge in [-0.1, -0.05) is 24.3 Å². The number of hydrogen-bond donors (Lipinski definition) is 1. The fourth-order valence-electron chi connectivity index (χ4n) is 4.40. The minimum absolute atomic E-state index is 0.122. The number of piperidine rings is 2. The third kappa shape index (κ3) is 4.27. The van der Waals surface area contributed by atoms with Gasteiger partial charge in [0.05, 0.1) is 6.10 Å². The highest BCUT2D eigenvalue weighted by molar-refractivity contribution is 5.83. The Morgan fingerprint density at radius 3 is 2.27 bits per heavy atom. The maximum atomic E-state index is 13.3. The van der Waals surface area contributed by atoms with E-state index in [1.165, 1.54) is 5.56 Å². The van der Waals surface area contributed by atoms with Gasteiger partial charge in [-0.25, -0.2) is 0 Å². The Kier molecular flexibility index (Phi) is 6.33. The lowest BCUT2D eigenvalue weighted by molar-refractivity contribution is -0.138. The molecule has 0 saturated carbocycles. The molecule has 2 heterocycles. The van der Waals surface area contributed by atoms with Crippen molar-refractivity contribution >= 4 is 5.91 Å². The molecule has 1 atom stereocenters. The van der Waals surface area contributed by atoms with Crippen molar-refractivity contribution in [2.45, 2.75) is 50.8 Å². The summed E-state index contributed by atoms with van der Waals surface area (Å²) in [6.07, 6.45) is 3.72. The number of nitrogens with zero attached hydrogens (tertiary/aromatic N) is 3. The first-order chi connectivity index (χ1) is 12.5. The Bertz CT molecular complexity index is 603. The van der Waals surface area contributed by atoms with Crippen LogP contribution >= 0.6 is 0 Å². The van der Waals surface area contributed by atoms with Gasteiger partial charge < -0.3 is 14.9 Å². The maximum absolute atomic E-state index is 13.3. The van der Waals surface area contributed by atoms with Crippen LogP contribution in [0.25, 0.3) is 0 Å². The minimum Gasteiger partial charge on any atom is -0.393 e. The molecule has 1 aromatic rings. The summed E-state index contributed by atoms with van der Waals surface area (Å²) in [5.41, 5.74) is 2.27. The number of hydrogen-bond acceptors (Lipinski definition) is 4. The van der Waals surface area contributed by atoms with Crippen molar-refractivity contribution in [2.24, 2.45) is 0 Å². The average Bonchev–Trinajstić information content (AvgIpc) is 2.64. The van der Waals surface area contributed by atoms with Crippen molar-refractivity contribution < 1.29 is 9.90 Å². The summed E-state index contributed by atoms with van der Waals surface area (Å²) in [5, 5.41) is 9.70. The molecule has 1 N–H and O–H groups in total. The van der Waals surface area contributed by atoms with Crippen molar-refractivity contribution in [3.05, 3.63) is 35.4 Å². The number of rotatable bonds is 4. The van der Waals surface area contributed by atoms with E-state index in [1.54, 1.807) is 0 Å². The van der Waals surface area contributed by atoms with E-state index in [0.717, 1.165) is 57.4 Å². The predicted octanol–water partition coefficient (Wildman–Crippen LogP) is 2.05. The molecule has 0 unspecified atom stereocenters. The molecule has 0 radical (unpaired) electrons. The monoisotopic (exact) mass is 359 g/mol. The van der Waals surface area contributed by atoms with Crippen molar-refractivity contribution in [3.63, 3.8) is 0 Å². The maximum Gasteiger partial charge on any atom is 0.244 e. The number of aliphatic hydroxyl groups is 1. The Labute approximate surface area is 157 Å². The summed E-state index contributed by atoms with van der Waals surface area (Å²) in [6.45, 7) is 5.72. The van der Waals surface area contributed by atoms with Crippen molar-refractivity contribution in [2.75, 3.05) is 40.3 Å². The number of likely N-dealkylation sites (tertiary alicyclic amines) is 2. The zero-order chi connectivity index (χ0) is 18.7. The van der Waals surface area contributed by atoms with Crippen LogP contribution in [0, 0.1) is 6.92 Å². The zero-order valence-electron chi connectivity index (χ0n) is 16.4. The molecule has 26 heavy (non-hydrogen) atoms. The topological polar surface area (TPSA) is 47.0 Å². The lowest BCUT2D eigenvalue weighted by atomic mass is 9.96. The SMILES string of the molecule is Cc1ccccc1[C@@H](C(=O)N1CCC(N2CCC(O)CC2)CC1)N(C)C. The summed E-state index contributed by atoms with van der Waals surface area (Å²) < 4.78 is 0. The van der Waals surface area contributed by atoms with Crippen molar-refractivity contribution in [1.29, 1.82) is 0 Å². The van der Waals surface area contributed by atoms with E-state index in [1.807, 2.05) is 36.0 Å². The molecule has 144 valence electrons. The van der Waals surface area contributed by atoms with Gasteiger partial charge in [-0.3, -0.25) is 9.69 Å². The number of carbonyl (C=O) groups is 1. The van der Waals surface area contributed by atoms with Crippen LogP contribution in [0.4, 0.5) is 0 Å².